The first kappa shape index (κ1) is 12.9. The van der Waals surface area contributed by atoms with Crippen LogP contribution in [0.5, 0.6) is 0 Å². The number of anilines is 1. The molecule has 0 heterocycles. The molecule has 0 fully saturated rings. The monoisotopic (exact) mass is 238 g/mol. The molecule has 3 nitrogen and oxygen atoms in total. The molecule has 2 N–H and O–H groups in total. The summed E-state index contributed by atoms with van der Waals surface area (Å²) in [4.78, 5) is 2.57. The first-order chi connectivity index (χ1) is 7.56. The zero-order chi connectivity index (χ0) is 12.1. The topological polar surface area (TPSA) is 38.5 Å². The van der Waals surface area contributed by atoms with E-state index in [2.05, 4.69) is 11.8 Å². The highest BCUT2D eigenvalue weighted by Crippen LogP contribution is 2.17. The van der Waals surface area contributed by atoms with E-state index >= 15 is 0 Å². The Morgan fingerprint density at radius 3 is 2.81 bits per heavy atom. The molecular weight excluding hydrogens is 220 g/mol. The highest BCUT2D eigenvalue weighted by molar-refractivity contribution is 7.80. The van der Waals surface area contributed by atoms with Crippen molar-refractivity contribution in [2.75, 3.05) is 25.7 Å². The van der Waals surface area contributed by atoms with Crippen LogP contribution in [0.3, 0.4) is 0 Å². The maximum Gasteiger partial charge on any atom is 0.104 e. The Balaban J connectivity index is 2.86. The van der Waals surface area contributed by atoms with Crippen molar-refractivity contribution in [2.45, 2.75) is 13.0 Å². The van der Waals surface area contributed by atoms with Crippen molar-refractivity contribution in [3.8, 4) is 0 Å². The van der Waals surface area contributed by atoms with Gasteiger partial charge in [0.25, 0.3) is 0 Å². The smallest absolute Gasteiger partial charge is 0.104 e. The minimum atomic E-state index is 0.312. The average Bonchev–Trinajstić information content (AvgIpc) is 2.28. The maximum absolute atomic E-state index is 5.61. The molecule has 1 atom stereocenters. The van der Waals surface area contributed by atoms with Crippen LogP contribution < -0.4 is 10.6 Å². The zero-order valence-electron chi connectivity index (χ0n) is 9.93. The molecule has 1 rings (SSSR count). The van der Waals surface area contributed by atoms with Crippen molar-refractivity contribution in [1.29, 1.82) is 0 Å². The van der Waals surface area contributed by atoms with Gasteiger partial charge in [-0.2, -0.15) is 0 Å². The summed E-state index contributed by atoms with van der Waals surface area (Å²) in [5.41, 5.74) is 7.59. The Labute approximate surface area is 102 Å². The molecular formula is C12H18N2OS. The average molecular weight is 238 g/mol. The molecule has 0 aliphatic carbocycles. The fourth-order valence-corrected chi connectivity index (χ4v) is 1.61. The number of benzene rings is 1. The van der Waals surface area contributed by atoms with E-state index in [-0.39, 0.29) is 0 Å². The molecule has 0 amide bonds. The van der Waals surface area contributed by atoms with Crippen molar-refractivity contribution < 1.29 is 4.74 Å². The van der Waals surface area contributed by atoms with Crippen molar-refractivity contribution in [2.24, 2.45) is 5.73 Å². The molecule has 0 saturated heterocycles. The minimum Gasteiger partial charge on any atom is -0.389 e. The number of methoxy groups -OCH3 is 1. The predicted molar refractivity (Wildman–Crippen MR) is 72.1 cm³/mol. The number of nitrogens with two attached hydrogens (primary N) is 1. The second kappa shape index (κ2) is 5.82. The molecule has 88 valence electrons. The normalized spacial score (nSPS) is 12.2. The van der Waals surface area contributed by atoms with Crippen LogP contribution in [-0.2, 0) is 4.74 Å². The lowest BCUT2D eigenvalue weighted by Gasteiger charge is -2.26. The number of likely N-dealkylation sites (N-methyl/N-ethyl adjacent to an activating group) is 1. The Hall–Kier alpha value is -1.13. The maximum atomic E-state index is 5.61. The molecule has 1 unspecified atom stereocenters. The van der Waals surface area contributed by atoms with Crippen molar-refractivity contribution in [3.05, 3.63) is 29.8 Å². The van der Waals surface area contributed by atoms with Crippen LogP contribution in [0.15, 0.2) is 24.3 Å². The van der Waals surface area contributed by atoms with Gasteiger partial charge in [-0.3, -0.25) is 0 Å². The summed E-state index contributed by atoms with van der Waals surface area (Å²) in [5, 5.41) is 0. The van der Waals surface area contributed by atoms with E-state index in [1.165, 1.54) is 0 Å². The lowest BCUT2D eigenvalue weighted by molar-refractivity contribution is 0.183. The van der Waals surface area contributed by atoms with Crippen LogP contribution in [-0.4, -0.2) is 31.8 Å². The Kier molecular flexibility index (Phi) is 4.71. The number of hydrogen-bond donors (Lipinski definition) is 1. The quantitative estimate of drug-likeness (QED) is 0.794. The summed E-state index contributed by atoms with van der Waals surface area (Å²) < 4.78 is 5.13. The lowest BCUT2D eigenvalue weighted by Crippen LogP contribution is -2.32. The molecule has 1 aromatic rings. The Bertz CT molecular complexity index is 368. The van der Waals surface area contributed by atoms with E-state index in [9.17, 15) is 0 Å². The van der Waals surface area contributed by atoms with Crippen molar-refractivity contribution in [3.63, 3.8) is 0 Å². The molecule has 0 aliphatic heterocycles. The fraction of sp³-hybridized carbons (Fsp3) is 0.417. The van der Waals surface area contributed by atoms with Crippen LogP contribution in [0.25, 0.3) is 0 Å². The van der Waals surface area contributed by atoms with E-state index in [0.717, 1.165) is 11.3 Å². The Morgan fingerprint density at radius 1 is 1.56 bits per heavy atom. The summed E-state index contributed by atoms with van der Waals surface area (Å²) in [7, 11) is 3.73. The molecule has 0 spiro atoms. The highest BCUT2D eigenvalue weighted by atomic mass is 32.1. The number of nitrogens with zero attached hydrogens (tertiary/aromatic N) is 1. The van der Waals surface area contributed by atoms with Gasteiger partial charge in [0.05, 0.1) is 6.61 Å². The Morgan fingerprint density at radius 2 is 2.25 bits per heavy atom. The predicted octanol–water partition coefficient (Wildman–Crippen LogP) is 1.79. The summed E-state index contributed by atoms with van der Waals surface area (Å²) in [6.07, 6.45) is 0. The van der Waals surface area contributed by atoms with Gasteiger partial charge >= 0.3 is 0 Å². The van der Waals surface area contributed by atoms with Crippen LogP contribution in [0.2, 0.25) is 0 Å². The number of rotatable bonds is 5. The zero-order valence-corrected chi connectivity index (χ0v) is 10.8. The van der Waals surface area contributed by atoms with Crippen molar-refractivity contribution >= 4 is 22.9 Å². The van der Waals surface area contributed by atoms with Gasteiger partial charge in [0.1, 0.15) is 4.99 Å². The first-order valence-corrected chi connectivity index (χ1v) is 5.58. The third kappa shape index (κ3) is 3.18. The number of ether oxygens (including phenoxy) is 1. The third-order valence-corrected chi connectivity index (χ3v) is 2.84. The fourth-order valence-electron chi connectivity index (χ4n) is 1.49. The van der Waals surface area contributed by atoms with Gasteiger partial charge in [0.15, 0.2) is 0 Å². The molecule has 0 saturated carbocycles. The summed E-state index contributed by atoms with van der Waals surface area (Å²) in [6.45, 7) is 2.80. The van der Waals surface area contributed by atoms with Crippen LogP contribution in [0, 0.1) is 0 Å². The molecule has 4 heteroatoms. The van der Waals surface area contributed by atoms with Gasteiger partial charge in [-0.25, -0.2) is 0 Å². The van der Waals surface area contributed by atoms with E-state index < -0.39 is 0 Å². The molecule has 0 bridgehead atoms. The first-order valence-electron chi connectivity index (χ1n) is 5.18. The largest absolute Gasteiger partial charge is 0.389 e. The SMILES string of the molecule is COCC(C)N(C)c1cccc(C(N)=S)c1. The van der Waals surface area contributed by atoms with Gasteiger partial charge in [-0.05, 0) is 19.1 Å². The molecule has 1 aromatic carbocycles. The third-order valence-electron chi connectivity index (χ3n) is 2.61. The number of thiocarbonyl (C=S) groups is 1. The summed E-state index contributed by atoms with van der Waals surface area (Å²) >= 11 is 4.96. The second-order valence-corrected chi connectivity index (χ2v) is 4.27. The summed E-state index contributed by atoms with van der Waals surface area (Å²) in [6, 6.07) is 8.22. The van der Waals surface area contributed by atoms with Gasteiger partial charge in [0.2, 0.25) is 0 Å². The van der Waals surface area contributed by atoms with Gasteiger partial charge in [0, 0.05) is 31.5 Å². The number of hydrogen-bond acceptors (Lipinski definition) is 3. The minimum absolute atomic E-state index is 0.312. The summed E-state index contributed by atoms with van der Waals surface area (Å²) in [5.74, 6) is 0. The molecule has 0 aliphatic rings. The van der Waals surface area contributed by atoms with Gasteiger partial charge in [-0.1, -0.05) is 24.4 Å². The van der Waals surface area contributed by atoms with E-state index in [4.69, 9.17) is 22.7 Å². The van der Waals surface area contributed by atoms with Crippen LogP contribution in [0.1, 0.15) is 12.5 Å². The molecule has 0 radical (unpaired) electrons. The molecule has 0 aromatic heterocycles. The standard InChI is InChI=1S/C12H18N2OS/c1-9(8-15-3)14(2)11-6-4-5-10(7-11)12(13)16/h4-7,9H,8H2,1-3H3,(H2,13,16). The van der Waals surface area contributed by atoms with E-state index in [1.54, 1.807) is 7.11 Å². The van der Waals surface area contributed by atoms with Crippen molar-refractivity contribution in [1.82, 2.24) is 0 Å². The highest BCUT2D eigenvalue weighted by Gasteiger charge is 2.10. The van der Waals surface area contributed by atoms with Gasteiger partial charge < -0.3 is 15.4 Å². The van der Waals surface area contributed by atoms with Crippen LogP contribution >= 0.6 is 12.2 Å². The van der Waals surface area contributed by atoms with E-state index in [1.807, 2.05) is 31.3 Å². The van der Waals surface area contributed by atoms with E-state index in [0.29, 0.717) is 17.6 Å². The van der Waals surface area contributed by atoms with Crippen LogP contribution in [0.4, 0.5) is 5.69 Å². The molecule has 16 heavy (non-hydrogen) atoms. The van der Waals surface area contributed by atoms with Gasteiger partial charge in [-0.15, -0.1) is 0 Å². The lowest BCUT2D eigenvalue weighted by atomic mass is 10.1. The second-order valence-electron chi connectivity index (χ2n) is 3.83.